The third-order valence-corrected chi connectivity index (χ3v) is 5.99. The van der Waals surface area contributed by atoms with Crippen molar-refractivity contribution in [3.8, 4) is 0 Å². The predicted octanol–water partition coefficient (Wildman–Crippen LogP) is 4.29. The SMILES string of the molecule is ClCc1c(N2CCCC3CCCCC32)nc2sccn12. The molecular weight excluding hydrogens is 290 g/mol. The number of aromatic nitrogens is 2. The van der Waals surface area contributed by atoms with E-state index < -0.39 is 0 Å². The molecule has 4 rings (SSSR count). The summed E-state index contributed by atoms with van der Waals surface area (Å²) in [5, 5.41) is 2.09. The van der Waals surface area contributed by atoms with Gasteiger partial charge in [0.25, 0.3) is 0 Å². The fourth-order valence-corrected chi connectivity index (χ4v) is 5.04. The number of fused-ring (bicyclic) bond motifs is 2. The summed E-state index contributed by atoms with van der Waals surface area (Å²) in [5.74, 6) is 2.57. The van der Waals surface area contributed by atoms with E-state index >= 15 is 0 Å². The van der Waals surface area contributed by atoms with Crippen LogP contribution < -0.4 is 4.90 Å². The van der Waals surface area contributed by atoms with Gasteiger partial charge < -0.3 is 4.90 Å². The van der Waals surface area contributed by atoms with Crippen LogP contribution in [0.4, 0.5) is 5.82 Å². The lowest BCUT2D eigenvalue weighted by molar-refractivity contribution is 0.242. The van der Waals surface area contributed by atoms with Crippen LogP contribution in [-0.4, -0.2) is 22.0 Å². The van der Waals surface area contributed by atoms with E-state index in [1.165, 1.54) is 44.2 Å². The van der Waals surface area contributed by atoms with Gasteiger partial charge in [-0.25, -0.2) is 4.98 Å². The third kappa shape index (κ3) is 1.96. The molecule has 0 spiro atoms. The van der Waals surface area contributed by atoms with Crippen LogP contribution >= 0.6 is 22.9 Å². The Morgan fingerprint density at radius 3 is 3.00 bits per heavy atom. The normalized spacial score (nSPS) is 26.9. The molecule has 2 fully saturated rings. The highest BCUT2D eigenvalue weighted by atomic mass is 35.5. The highest BCUT2D eigenvalue weighted by Crippen LogP contribution is 2.39. The first-order chi connectivity index (χ1) is 9.88. The number of halogens is 1. The maximum atomic E-state index is 6.22. The molecule has 2 unspecified atom stereocenters. The molecule has 5 heteroatoms. The quantitative estimate of drug-likeness (QED) is 0.771. The highest BCUT2D eigenvalue weighted by Gasteiger charge is 2.35. The molecule has 1 aliphatic carbocycles. The maximum absolute atomic E-state index is 6.22. The van der Waals surface area contributed by atoms with Crippen LogP contribution in [0.1, 0.15) is 44.2 Å². The van der Waals surface area contributed by atoms with Gasteiger partial charge in [-0.15, -0.1) is 22.9 Å². The van der Waals surface area contributed by atoms with E-state index in [-0.39, 0.29) is 0 Å². The zero-order chi connectivity index (χ0) is 13.5. The van der Waals surface area contributed by atoms with E-state index in [4.69, 9.17) is 16.6 Å². The fourth-order valence-electron chi connectivity index (χ4n) is 4.06. The molecule has 2 aromatic heterocycles. The number of hydrogen-bond donors (Lipinski definition) is 0. The average molecular weight is 310 g/mol. The van der Waals surface area contributed by atoms with Crippen LogP contribution in [0, 0.1) is 5.92 Å². The van der Waals surface area contributed by atoms with Crippen molar-refractivity contribution in [3.63, 3.8) is 0 Å². The van der Waals surface area contributed by atoms with E-state index in [1.807, 2.05) is 0 Å². The van der Waals surface area contributed by atoms with Crippen LogP contribution in [0.2, 0.25) is 0 Å². The lowest BCUT2D eigenvalue weighted by atomic mass is 9.78. The Labute approximate surface area is 128 Å². The number of imidazole rings is 1. The van der Waals surface area contributed by atoms with Gasteiger partial charge in [0, 0.05) is 24.2 Å². The van der Waals surface area contributed by atoms with Gasteiger partial charge in [-0.2, -0.15) is 0 Å². The van der Waals surface area contributed by atoms with E-state index in [2.05, 4.69) is 20.9 Å². The van der Waals surface area contributed by atoms with Crippen molar-refractivity contribution < 1.29 is 0 Å². The third-order valence-electron chi connectivity index (χ3n) is 4.98. The van der Waals surface area contributed by atoms with Gasteiger partial charge in [0.05, 0.1) is 11.6 Å². The molecule has 2 atom stereocenters. The van der Waals surface area contributed by atoms with E-state index in [0.717, 1.165) is 23.2 Å². The van der Waals surface area contributed by atoms with Gasteiger partial charge in [-0.3, -0.25) is 4.40 Å². The lowest BCUT2D eigenvalue weighted by Crippen LogP contribution is -2.47. The summed E-state index contributed by atoms with van der Waals surface area (Å²) in [7, 11) is 0. The molecule has 1 aliphatic heterocycles. The zero-order valence-corrected chi connectivity index (χ0v) is 13.2. The number of anilines is 1. The predicted molar refractivity (Wildman–Crippen MR) is 85.0 cm³/mol. The molecule has 0 radical (unpaired) electrons. The molecular formula is C15H20ClN3S. The average Bonchev–Trinajstić information content (AvgIpc) is 3.06. The smallest absolute Gasteiger partial charge is 0.195 e. The summed E-state index contributed by atoms with van der Waals surface area (Å²) in [6.45, 7) is 1.15. The van der Waals surface area contributed by atoms with Gasteiger partial charge in [0.15, 0.2) is 10.8 Å². The Balaban J connectivity index is 1.74. The van der Waals surface area contributed by atoms with Gasteiger partial charge in [0.2, 0.25) is 0 Å². The Kier molecular flexibility index (Phi) is 3.39. The van der Waals surface area contributed by atoms with Gasteiger partial charge in [-0.1, -0.05) is 12.8 Å². The molecule has 0 N–H and O–H groups in total. The largest absolute Gasteiger partial charge is 0.352 e. The topological polar surface area (TPSA) is 20.5 Å². The number of hydrogen-bond acceptors (Lipinski definition) is 3. The number of thiazole rings is 1. The fraction of sp³-hybridized carbons (Fsp3) is 0.667. The minimum atomic E-state index is 0.543. The van der Waals surface area contributed by atoms with Crippen LogP contribution in [0.5, 0.6) is 0 Å². The van der Waals surface area contributed by atoms with Gasteiger partial charge in [-0.05, 0) is 31.6 Å². The molecule has 108 valence electrons. The molecule has 1 saturated carbocycles. The molecule has 20 heavy (non-hydrogen) atoms. The van der Waals surface area contributed by atoms with Crippen LogP contribution in [-0.2, 0) is 5.88 Å². The number of rotatable bonds is 2. The monoisotopic (exact) mass is 309 g/mol. The minimum absolute atomic E-state index is 0.543. The van der Waals surface area contributed by atoms with Crippen molar-refractivity contribution in [1.82, 2.24) is 9.38 Å². The summed E-state index contributed by atoms with van der Waals surface area (Å²) in [4.78, 5) is 8.53. The highest BCUT2D eigenvalue weighted by molar-refractivity contribution is 7.15. The van der Waals surface area contributed by atoms with Crippen LogP contribution in [0.3, 0.4) is 0 Å². The van der Waals surface area contributed by atoms with Crippen LogP contribution in [0.15, 0.2) is 11.6 Å². The standard InChI is InChI=1S/C15H20ClN3S/c16-10-13-14(17-15-19(13)8-9-20-15)18-7-3-5-11-4-1-2-6-12(11)18/h8-9,11-12H,1-7,10H2. The number of piperidine rings is 1. The Morgan fingerprint density at radius 2 is 2.10 bits per heavy atom. The van der Waals surface area contributed by atoms with Crippen molar-refractivity contribution in [1.29, 1.82) is 0 Å². The van der Waals surface area contributed by atoms with E-state index in [9.17, 15) is 0 Å². The van der Waals surface area contributed by atoms with Crippen molar-refractivity contribution >= 4 is 33.7 Å². The molecule has 2 aliphatic rings. The van der Waals surface area contributed by atoms with Crippen molar-refractivity contribution in [2.24, 2.45) is 5.92 Å². The second-order valence-electron chi connectivity index (χ2n) is 6.02. The summed E-state index contributed by atoms with van der Waals surface area (Å²) in [6, 6.07) is 0.698. The maximum Gasteiger partial charge on any atom is 0.195 e. The second kappa shape index (κ2) is 5.23. The zero-order valence-electron chi connectivity index (χ0n) is 11.6. The van der Waals surface area contributed by atoms with Crippen LogP contribution in [0.25, 0.3) is 4.96 Å². The minimum Gasteiger partial charge on any atom is -0.352 e. The number of alkyl halides is 1. The first-order valence-corrected chi connectivity index (χ1v) is 9.07. The summed E-state index contributed by atoms with van der Waals surface area (Å²) in [5.41, 5.74) is 1.18. The number of nitrogens with zero attached hydrogens (tertiary/aromatic N) is 3. The van der Waals surface area contributed by atoms with Crippen molar-refractivity contribution in [2.75, 3.05) is 11.4 Å². The van der Waals surface area contributed by atoms with Gasteiger partial charge >= 0.3 is 0 Å². The summed E-state index contributed by atoms with van der Waals surface area (Å²) in [6.07, 6.45) is 10.3. The Bertz CT molecular complexity index is 603. The first-order valence-electron chi connectivity index (χ1n) is 7.65. The molecule has 0 bridgehead atoms. The molecule has 0 amide bonds. The van der Waals surface area contributed by atoms with Crippen molar-refractivity contribution in [3.05, 3.63) is 17.3 Å². The Morgan fingerprint density at radius 1 is 1.25 bits per heavy atom. The molecule has 3 nitrogen and oxygen atoms in total. The first kappa shape index (κ1) is 13.0. The molecule has 3 heterocycles. The van der Waals surface area contributed by atoms with E-state index in [0.29, 0.717) is 11.9 Å². The van der Waals surface area contributed by atoms with Gasteiger partial charge in [0.1, 0.15) is 0 Å². The molecule has 0 aromatic carbocycles. The Hall–Kier alpha value is -0.740. The second-order valence-corrected chi connectivity index (χ2v) is 7.16. The summed E-state index contributed by atoms with van der Waals surface area (Å²) < 4.78 is 2.17. The molecule has 1 saturated heterocycles. The summed E-state index contributed by atoms with van der Waals surface area (Å²) >= 11 is 7.92. The lowest BCUT2D eigenvalue weighted by Gasteiger charge is -2.44. The molecule has 2 aromatic rings. The van der Waals surface area contributed by atoms with Crippen molar-refractivity contribution in [2.45, 2.75) is 50.4 Å². The van der Waals surface area contributed by atoms with E-state index in [1.54, 1.807) is 11.3 Å².